The van der Waals surface area contributed by atoms with Crippen LogP contribution in [0.5, 0.6) is 0 Å². The van der Waals surface area contributed by atoms with Gasteiger partial charge >= 0.3 is 0 Å². The summed E-state index contributed by atoms with van der Waals surface area (Å²) in [7, 11) is -1.39. The Morgan fingerprint density at radius 1 is 1.43 bits per heavy atom. The van der Waals surface area contributed by atoms with E-state index in [1.807, 2.05) is 0 Å². The van der Waals surface area contributed by atoms with Crippen LogP contribution in [0.4, 0.5) is 5.69 Å². The molecular weight excluding hydrogens is 335 g/mol. The summed E-state index contributed by atoms with van der Waals surface area (Å²) in [5.41, 5.74) is 0.574. The van der Waals surface area contributed by atoms with Crippen molar-refractivity contribution in [3.05, 3.63) is 28.2 Å². The van der Waals surface area contributed by atoms with E-state index < -0.39 is 9.84 Å². The van der Waals surface area contributed by atoms with Gasteiger partial charge in [-0.15, -0.1) is 0 Å². The van der Waals surface area contributed by atoms with Crippen molar-refractivity contribution in [1.82, 2.24) is 4.90 Å². The summed E-state index contributed by atoms with van der Waals surface area (Å²) in [5, 5.41) is 3.69. The number of rotatable bonds is 4. The molecule has 0 saturated carbocycles. The topological polar surface area (TPSA) is 66.5 Å². The Morgan fingerprint density at radius 2 is 2.14 bits per heavy atom. The van der Waals surface area contributed by atoms with Crippen molar-refractivity contribution >= 4 is 44.6 Å². The number of amides is 1. The Hall–Kier alpha value is -0.980. The predicted octanol–water partition coefficient (Wildman–Crippen LogP) is 2.05. The largest absolute Gasteiger partial charge is 0.375 e. The predicted molar refractivity (Wildman–Crippen MR) is 84.8 cm³/mol. The van der Waals surface area contributed by atoms with Gasteiger partial charge in [0.2, 0.25) is 5.91 Å². The second-order valence-electron chi connectivity index (χ2n) is 5.02. The van der Waals surface area contributed by atoms with E-state index in [1.165, 1.54) is 4.90 Å². The normalized spacial score (nSPS) is 20.2. The van der Waals surface area contributed by atoms with E-state index in [4.69, 9.17) is 23.2 Å². The van der Waals surface area contributed by atoms with Crippen molar-refractivity contribution in [2.75, 3.05) is 30.4 Å². The summed E-state index contributed by atoms with van der Waals surface area (Å²) in [5.74, 6) is -0.0103. The zero-order chi connectivity index (χ0) is 15.6. The summed E-state index contributed by atoms with van der Waals surface area (Å²) >= 11 is 11.9. The van der Waals surface area contributed by atoms with Crippen LogP contribution in [0.2, 0.25) is 10.0 Å². The van der Waals surface area contributed by atoms with Crippen LogP contribution in [-0.2, 0) is 14.6 Å². The van der Waals surface area contributed by atoms with Crippen molar-refractivity contribution in [2.24, 2.45) is 0 Å². The molecule has 1 fully saturated rings. The van der Waals surface area contributed by atoms with Crippen LogP contribution < -0.4 is 5.32 Å². The fraction of sp³-hybridized carbons (Fsp3) is 0.462. The first-order valence-corrected chi connectivity index (χ1v) is 9.02. The van der Waals surface area contributed by atoms with Gasteiger partial charge in [0, 0.05) is 13.1 Å². The molecule has 8 heteroatoms. The van der Waals surface area contributed by atoms with Gasteiger partial charge in [0.15, 0.2) is 9.84 Å². The lowest BCUT2D eigenvalue weighted by Gasteiger charge is -2.23. The highest BCUT2D eigenvalue weighted by Crippen LogP contribution is 2.29. The van der Waals surface area contributed by atoms with Crippen molar-refractivity contribution in [3.8, 4) is 0 Å². The summed E-state index contributed by atoms with van der Waals surface area (Å²) in [6.45, 7) is 0.0348. The molecule has 0 aromatic heterocycles. The van der Waals surface area contributed by atoms with Gasteiger partial charge in [-0.25, -0.2) is 8.42 Å². The average Bonchev–Trinajstić information content (AvgIpc) is 2.79. The molecule has 1 saturated heterocycles. The number of hydrogen-bond acceptors (Lipinski definition) is 4. The average molecular weight is 351 g/mol. The number of nitrogens with zero attached hydrogens (tertiary/aromatic N) is 1. The highest BCUT2D eigenvalue weighted by Gasteiger charge is 2.32. The zero-order valence-corrected chi connectivity index (χ0v) is 13.8. The Labute approximate surface area is 134 Å². The maximum Gasteiger partial charge on any atom is 0.241 e. The smallest absolute Gasteiger partial charge is 0.241 e. The molecule has 1 unspecified atom stereocenters. The fourth-order valence-corrected chi connectivity index (χ4v) is 4.36. The van der Waals surface area contributed by atoms with Crippen LogP contribution in [0, 0.1) is 0 Å². The highest BCUT2D eigenvalue weighted by atomic mass is 35.5. The van der Waals surface area contributed by atoms with Crippen molar-refractivity contribution < 1.29 is 13.2 Å². The number of likely N-dealkylation sites (N-methyl/N-ethyl adjacent to an activating group) is 1. The van der Waals surface area contributed by atoms with Crippen LogP contribution in [0.25, 0.3) is 0 Å². The molecule has 1 atom stereocenters. The van der Waals surface area contributed by atoms with Crippen molar-refractivity contribution in [2.45, 2.75) is 12.5 Å². The fourth-order valence-electron chi connectivity index (χ4n) is 2.22. The molecule has 2 rings (SSSR count). The lowest BCUT2D eigenvalue weighted by atomic mass is 10.2. The number of halogens is 2. The van der Waals surface area contributed by atoms with E-state index in [2.05, 4.69) is 5.32 Å². The van der Waals surface area contributed by atoms with Crippen LogP contribution in [0.3, 0.4) is 0 Å². The number of hydrogen-bond donors (Lipinski definition) is 1. The maximum absolute atomic E-state index is 12.1. The summed E-state index contributed by atoms with van der Waals surface area (Å²) in [6, 6.07) is 4.86. The zero-order valence-electron chi connectivity index (χ0n) is 11.5. The summed E-state index contributed by atoms with van der Waals surface area (Å²) in [6.07, 6.45) is 0.489. The molecule has 1 N–H and O–H groups in total. The van der Waals surface area contributed by atoms with Gasteiger partial charge in [-0.05, 0) is 18.6 Å². The van der Waals surface area contributed by atoms with Gasteiger partial charge in [0.1, 0.15) is 0 Å². The van der Waals surface area contributed by atoms with E-state index in [9.17, 15) is 13.2 Å². The minimum Gasteiger partial charge on any atom is -0.375 e. The highest BCUT2D eigenvalue weighted by molar-refractivity contribution is 7.91. The molecule has 21 heavy (non-hydrogen) atoms. The molecule has 1 aromatic carbocycles. The molecule has 1 aromatic rings. The van der Waals surface area contributed by atoms with Gasteiger partial charge in [0.25, 0.3) is 0 Å². The standard InChI is InChI=1S/C13H16Cl2N2O3S/c1-17(9-5-6-21(19,20)8-9)12(18)7-16-11-4-2-3-10(14)13(11)15/h2-4,9,16H,5-8H2,1H3. The SMILES string of the molecule is CN(C(=O)CNc1cccc(Cl)c1Cl)C1CCS(=O)(=O)C1. The minimum atomic E-state index is -3.01. The first kappa shape index (κ1) is 16.4. The number of sulfone groups is 1. The van der Waals surface area contributed by atoms with Crippen LogP contribution in [0.15, 0.2) is 18.2 Å². The van der Waals surface area contributed by atoms with Crippen LogP contribution in [0.1, 0.15) is 6.42 Å². The molecule has 1 aliphatic heterocycles. The van der Waals surface area contributed by atoms with E-state index in [0.29, 0.717) is 22.2 Å². The van der Waals surface area contributed by atoms with E-state index in [-0.39, 0.29) is 30.0 Å². The van der Waals surface area contributed by atoms with Gasteiger partial charge in [-0.2, -0.15) is 0 Å². The second kappa shape index (κ2) is 6.42. The van der Waals surface area contributed by atoms with Crippen LogP contribution in [-0.4, -0.2) is 50.4 Å². The third kappa shape index (κ3) is 4.02. The Kier molecular flexibility index (Phi) is 5.01. The molecular formula is C13H16Cl2N2O3S. The first-order valence-electron chi connectivity index (χ1n) is 6.44. The number of nitrogens with one attached hydrogen (secondary N) is 1. The molecule has 1 amide bonds. The Bertz CT molecular complexity index is 649. The molecule has 1 heterocycles. The summed E-state index contributed by atoms with van der Waals surface area (Å²) < 4.78 is 22.9. The molecule has 0 spiro atoms. The lowest BCUT2D eigenvalue weighted by Crippen LogP contribution is -2.40. The van der Waals surface area contributed by atoms with Gasteiger partial charge < -0.3 is 10.2 Å². The Morgan fingerprint density at radius 3 is 2.76 bits per heavy atom. The molecule has 5 nitrogen and oxygen atoms in total. The van der Waals surface area contributed by atoms with Gasteiger partial charge in [-0.3, -0.25) is 4.79 Å². The quantitative estimate of drug-likeness (QED) is 0.902. The van der Waals surface area contributed by atoms with Gasteiger partial charge in [-0.1, -0.05) is 29.3 Å². The number of anilines is 1. The van der Waals surface area contributed by atoms with Crippen LogP contribution >= 0.6 is 23.2 Å². The number of carbonyl (C=O) groups is 1. The molecule has 116 valence electrons. The number of benzene rings is 1. The molecule has 0 aliphatic carbocycles. The van der Waals surface area contributed by atoms with E-state index in [1.54, 1.807) is 25.2 Å². The minimum absolute atomic E-state index is 0.0348. The van der Waals surface area contributed by atoms with E-state index in [0.717, 1.165) is 0 Å². The lowest BCUT2D eigenvalue weighted by molar-refractivity contribution is -0.129. The molecule has 1 aliphatic rings. The first-order chi connectivity index (χ1) is 9.80. The Balaban J connectivity index is 1.94. The van der Waals surface area contributed by atoms with Gasteiger partial charge in [0.05, 0.1) is 33.8 Å². The molecule has 0 bridgehead atoms. The third-order valence-electron chi connectivity index (χ3n) is 3.53. The maximum atomic E-state index is 12.1. The van der Waals surface area contributed by atoms with E-state index >= 15 is 0 Å². The van der Waals surface area contributed by atoms with Crippen molar-refractivity contribution in [1.29, 1.82) is 0 Å². The van der Waals surface area contributed by atoms with Crippen molar-refractivity contribution in [3.63, 3.8) is 0 Å². The second-order valence-corrected chi connectivity index (χ2v) is 8.03. The monoisotopic (exact) mass is 350 g/mol. The molecule has 0 radical (unpaired) electrons. The summed E-state index contributed by atoms with van der Waals surface area (Å²) in [4.78, 5) is 13.6. The third-order valence-corrected chi connectivity index (χ3v) is 6.10. The number of carbonyl (C=O) groups excluding carboxylic acids is 1.